The van der Waals surface area contributed by atoms with Crippen molar-refractivity contribution in [3.05, 3.63) is 90.0 Å². The van der Waals surface area contributed by atoms with Crippen molar-refractivity contribution >= 4 is 17.3 Å². The number of rotatable bonds is 6. The van der Waals surface area contributed by atoms with Gasteiger partial charge >= 0.3 is 0 Å². The molecule has 1 heterocycles. The van der Waals surface area contributed by atoms with E-state index < -0.39 is 0 Å². The highest BCUT2D eigenvalue weighted by molar-refractivity contribution is 5.92. The molecule has 0 saturated heterocycles. The van der Waals surface area contributed by atoms with Crippen molar-refractivity contribution in [2.75, 3.05) is 11.9 Å². The van der Waals surface area contributed by atoms with Crippen LogP contribution in [0.2, 0.25) is 0 Å². The molecular weight excluding hydrogens is 317 g/mol. The molecule has 0 aliphatic carbocycles. The van der Waals surface area contributed by atoms with Crippen LogP contribution in [0.5, 0.6) is 0 Å². The molecule has 2 N–H and O–H groups in total. The Hall–Kier alpha value is -3.21. The van der Waals surface area contributed by atoms with Gasteiger partial charge in [0, 0.05) is 6.54 Å². The number of benzene rings is 2. The van der Waals surface area contributed by atoms with E-state index in [2.05, 4.69) is 15.6 Å². The van der Waals surface area contributed by atoms with Crippen molar-refractivity contribution in [3.8, 4) is 0 Å². The molecule has 126 valence electrons. The Morgan fingerprint density at radius 3 is 2.44 bits per heavy atom. The van der Waals surface area contributed by atoms with Crippen molar-refractivity contribution in [2.45, 2.75) is 6.42 Å². The molecule has 3 rings (SSSR count). The first-order chi connectivity index (χ1) is 12.2. The molecule has 0 unspecified atom stereocenters. The summed E-state index contributed by atoms with van der Waals surface area (Å²) in [7, 11) is 0. The summed E-state index contributed by atoms with van der Waals surface area (Å²) in [6, 6.07) is 19.6. The maximum atomic E-state index is 13.6. The Morgan fingerprint density at radius 2 is 1.72 bits per heavy atom. The van der Waals surface area contributed by atoms with Crippen molar-refractivity contribution in [1.29, 1.82) is 0 Å². The highest BCUT2D eigenvalue weighted by atomic mass is 19.1. The van der Waals surface area contributed by atoms with Crippen LogP contribution in [0.15, 0.2) is 72.9 Å². The number of hydrogen-bond donors (Lipinski definition) is 2. The number of anilines is 2. The summed E-state index contributed by atoms with van der Waals surface area (Å²) >= 11 is 0. The van der Waals surface area contributed by atoms with E-state index in [4.69, 9.17) is 0 Å². The average Bonchev–Trinajstić information content (AvgIpc) is 2.65. The maximum absolute atomic E-state index is 13.6. The van der Waals surface area contributed by atoms with E-state index in [0.29, 0.717) is 23.6 Å². The van der Waals surface area contributed by atoms with E-state index in [1.165, 1.54) is 17.8 Å². The molecule has 5 heteroatoms. The van der Waals surface area contributed by atoms with Crippen molar-refractivity contribution in [3.63, 3.8) is 0 Å². The summed E-state index contributed by atoms with van der Waals surface area (Å²) in [6.07, 6.45) is 2.28. The van der Waals surface area contributed by atoms with Crippen LogP contribution in [-0.4, -0.2) is 17.4 Å². The monoisotopic (exact) mass is 335 g/mol. The third-order valence-electron chi connectivity index (χ3n) is 3.69. The van der Waals surface area contributed by atoms with Gasteiger partial charge in [-0.1, -0.05) is 42.5 Å². The van der Waals surface area contributed by atoms with Crippen LogP contribution in [0.25, 0.3) is 0 Å². The van der Waals surface area contributed by atoms with E-state index in [1.54, 1.807) is 30.3 Å². The van der Waals surface area contributed by atoms with E-state index in [1.807, 2.05) is 30.3 Å². The smallest absolute Gasteiger partial charge is 0.269 e. The van der Waals surface area contributed by atoms with Crippen LogP contribution in [0.4, 0.5) is 15.8 Å². The van der Waals surface area contributed by atoms with Crippen LogP contribution in [0.3, 0.4) is 0 Å². The zero-order valence-electron chi connectivity index (χ0n) is 13.6. The van der Waals surface area contributed by atoms with E-state index in [9.17, 15) is 9.18 Å². The number of carbonyl (C=O) groups excluding carboxylic acids is 1. The third-order valence-corrected chi connectivity index (χ3v) is 3.69. The zero-order valence-corrected chi connectivity index (χ0v) is 13.6. The number of pyridine rings is 1. The molecule has 0 fully saturated rings. The van der Waals surface area contributed by atoms with Gasteiger partial charge in [-0.3, -0.25) is 4.79 Å². The highest BCUT2D eigenvalue weighted by Gasteiger charge is 2.07. The molecule has 0 bridgehead atoms. The first-order valence-corrected chi connectivity index (χ1v) is 8.02. The summed E-state index contributed by atoms with van der Waals surface area (Å²) in [5.74, 6) is -0.571. The fraction of sp³-hybridized carbons (Fsp3) is 0.100. The number of nitrogens with one attached hydrogen (secondary N) is 2. The fourth-order valence-electron chi connectivity index (χ4n) is 2.38. The minimum Gasteiger partial charge on any atom is -0.352 e. The van der Waals surface area contributed by atoms with Crippen LogP contribution < -0.4 is 10.6 Å². The number of nitrogens with zero attached hydrogens (tertiary/aromatic N) is 1. The molecule has 25 heavy (non-hydrogen) atoms. The Morgan fingerprint density at radius 1 is 0.960 bits per heavy atom. The molecule has 0 atom stereocenters. The molecule has 0 aliphatic rings. The lowest BCUT2D eigenvalue weighted by Gasteiger charge is -2.08. The van der Waals surface area contributed by atoms with Crippen molar-refractivity contribution < 1.29 is 9.18 Å². The van der Waals surface area contributed by atoms with Gasteiger partial charge in [0.05, 0.1) is 17.6 Å². The molecule has 3 aromatic rings. The van der Waals surface area contributed by atoms with Gasteiger partial charge in [-0.15, -0.1) is 0 Å². The molecule has 0 radical (unpaired) electrons. The Labute approximate surface area is 145 Å². The lowest BCUT2D eigenvalue weighted by molar-refractivity contribution is 0.0949. The Kier molecular flexibility index (Phi) is 5.36. The molecule has 4 nitrogen and oxygen atoms in total. The lowest BCUT2D eigenvalue weighted by Crippen LogP contribution is -2.26. The zero-order chi connectivity index (χ0) is 17.5. The standard InChI is InChI=1S/C20H18FN3O/c21-17-8-4-5-9-18(17)24-16-10-11-19(23-14-16)20(25)22-13-12-15-6-2-1-3-7-15/h1-11,14,24H,12-13H2,(H,22,25). The third kappa shape index (κ3) is 4.64. The van der Waals surface area contributed by atoms with Gasteiger partial charge in [-0.05, 0) is 36.2 Å². The van der Waals surface area contributed by atoms with Crippen molar-refractivity contribution in [2.24, 2.45) is 0 Å². The fourth-order valence-corrected chi connectivity index (χ4v) is 2.38. The summed E-state index contributed by atoms with van der Waals surface area (Å²) in [4.78, 5) is 16.2. The number of carbonyl (C=O) groups is 1. The number of amides is 1. The maximum Gasteiger partial charge on any atom is 0.269 e. The van der Waals surface area contributed by atoms with Gasteiger partial charge in [0.15, 0.2) is 0 Å². The molecular formula is C20H18FN3O. The van der Waals surface area contributed by atoms with Gasteiger partial charge in [-0.2, -0.15) is 0 Å². The Bertz CT molecular complexity index is 835. The quantitative estimate of drug-likeness (QED) is 0.717. The van der Waals surface area contributed by atoms with E-state index in [0.717, 1.165) is 6.42 Å². The molecule has 1 amide bonds. The number of hydrogen-bond acceptors (Lipinski definition) is 3. The molecule has 2 aromatic carbocycles. The second-order valence-electron chi connectivity index (χ2n) is 5.53. The van der Waals surface area contributed by atoms with Crippen LogP contribution in [-0.2, 0) is 6.42 Å². The predicted molar refractivity (Wildman–Crippen MR) is 96.4 cm³/mol. The number of aromatic nitrogens is 1. The summed E-state index contributed by atoms with van der Waals surface area (Å²) in [5, 5.41) is 5.78. The van der Waals surface area contributed by atoms with E-state index >= 15 is 0 Å². The lowest BCUT2D eigenvalue weighted by atomic mass is 10.1. The molecule has 1 aromatic heterocycles. The minimum absolute atomic E-state index is 0.228. The van der Waals surface area contributed by atoms with Crippen LogP contribution in [0, 0.1) is 5.82 Å². The highest BCUT2D eigenvalue weighted by Crippen LogP contribution is 2.18. The van der Waals surface area contributed by atoms with Crippen molar-refractivity contribution in [1.82, 2.24) is 10.3 Å². The van der Waals surface area contributed by atoms with Gasteiger partial charge in [0.1, 0.15) is 11.5 Å². The molecule has 0 saturated carbocycles. The number of para-hydroxylation sites is 1. The first kappa shape index (κ1) is 16.6. The second-order valence-corrected chi connectivity index (χ2v) is 5.53. The van der Waals surface area contributed by atoms with Gasteiger partial charge < -0.3 is 10.6 Å². The summed E-state index contributed by atoms with van der Waals surface area (Å²) in [6.45, 7) is 0.541. The van der Waals surface area contributed by atoms with Gasteiger partial charge in [0.2, 0.25) is 0 Å². The second kappa shape index (κ2) is 8.06. The summed E-state index contributed by atoms with van der Waals surface area (Å²) in [5.41, 5.74) is 2.47. The van der Waals surface area contributed by atoms with Crippen LogP contribution >= 0.6 is 0 Å². The van der Waals surface area contributed by atoms with Gasteiger partial charge in [0.25, 0.3) is 5.91 Å². The normalized spacial score (nSPS) is 10.3. The first-order valence-electron chi connectivity index (χ1n) is 8.02. The number of halogens is 1. The predicted octanol–water partition coefficient (Wildman–Crippen LogP) is 3.94. The molecule has 0 spiro atoms. The topological polar surface area (TPSA) is 54.0 Å². The largest absolute Gasteiger partial charge is 0.352 e. The Balaban J connectivity index is 1.54. The van der Waals surface area contributed by atoms with Crippen LogP contribution in [0.1, 0.15) is 16.1 Å². The van der Waals surface area contributed by atoms with Gasteiger partial charge in [-0.25, -0.2) is 9.37 Å². The summed E-state index contributed by atoms with van der Waals surface area (Å²) < 4.78 is 13.6. The molecule has 0 aliphatic heterocycles. The SMILES string of the molecule is O=C(NCCc1ccccc1)c1ccc(Nc2ccccc2F)cn1. The minimum atomic E-state index is -0.342. The average molecular weight is 335 g/mol. The van der Waals surface area contributed by atoms with E-state index in [-0.39, 0.29) is 11.7 Å².